The highest BCUT2D eigenvalue weighted by Gasteiger charge is 2.73. The van der Waals surface area contributed by atoms with Crippen molar-refractivity contribution in [1.82, 2.24) is 19.5 Å². The highest BCUT2D eigenvalue weighted by atomic mass is 19.3. The number of rotatable bonds is 0. The molecule has 0 amide bonds. The van der Waals surface area contributed by atoms with Gasteiger partial charge in [-0.3, -0.25) is 9.36 Å². The molecule has 0 N–H and O–H groups in total. The molecule has 128 valence electrons. The Labute approximate surface area is 146 Å². The van der Waals surface area contributed by atoms with E-state index in [1.54, 1.807) is 24.4 Å². The van der Waals surface area contributed by atoms with Crippen LogP contribution >= 0.6 is 0 Å². The van der Waals surface area contributed by atoms with Crippen LogP contribution in [0.1, 0.15) is 23.5 Å². The van der Waals surface area contributed by atoms with Crippen LogP contribution in [0.5, 0.6) is 0 Å². The largest absolute Gasteiger partial charge is 0.294 e. The van der Waals surface area contributed by atoms with Gasteiger partial charge in [0.15, 0.2) is 5.52 Å². The minimum absolute atomic E-state index is 0.0139. The van der Waals surface area contributed by atoms with Crippen molar-refractivity contribution < 1.29 is 8.78 Å². The molecule has 3 aromatic rings. The first-order valence-corrected chi connectivity index (χ1v) is 8.18. The number of hydrogen-bond acceptors (Lipinski definition) is 4. The summed E-state index contributed by atoms with van der Waals surface area (Å²) in [6, 6.07) is 7.09. The summed E-state index contributed by atoms with van der Waals surface area (Å²) in [5, 5.41) is 0. The quantitative estimate of drug-likeness (QED) is 0.583. The minimum Gasteiger partial charge on any atom is -0.294 e. The van der Waals surface area contributed by atoms with E-state index < -0.39 is 11.3 Å². The standard InChI is InChI=1S/C19H12F2N4O/c20-19(21)10-18(19)8-15-24-14-7-12(4-5-13-3-1-2-6-22-13)9-23-16(14)17(26)25(15)11-18/h1-3,6-7,9H,8,10-11H2. The predicted molar refractivity (Wildman–Crippen MR) is 89.7 cm³/mol. The van der Waals surface area contributed by atoms with Crippen molar-refractivity contribution in [1.29, 1.82) is 0 Å². The second-order valence-corrected chi connectivity index (χ2v) is 6.81. The Kier molecular flexibility index (Phi) is 2.88. The number of aromatic nitrogens is 4. The summed E-state index contributed by atoms with van der Waals surface area (Å²) in [7, 11) is 0. The van der Waals surface area contributed by atoms with Gasteiger partial charge in [0.05, 0.1) is 10.9 Å². The number of fused-ring (bicyclic) bond motifs is 2. The summed E-state index contributed by atoms with van der Waals surface area (Å²) in [5.41, 5.74) is 0.268. The van der Waals surface area contributed by atoms with Gasteiger partial charge in [0.2, 0.25) is 0 Å². The third-order valence-electron chi connectivity index (χ3n) is 5.04. The van der Waals surface area contributed by atoms with Crippen LogP contribution in [-0.2, 0) is 13.0 Å². The van der Waals surface area contributed by atoms with Gasteiger partial charge in [0.25, 0.3) is 11.5 Å². The lowest BCUT2D eigenvalue weighted by atomic mass is 10.1. The molecule has 0 radical (unpaired) electrons. The maximum Gasteiger partial charge on any atom is 0.280 e. The smallest absolute Gasteiger partial charge is 0.280 e. The first-order chi connectivity index (χ1) is 12.5. The van der Waals surface area contributed by atoms with E-state index in [1.807, 2.05) is 6.07 Å². The molecule has 1 aliphatic carbocycles. The molecule has 0 saturated heterocycles. The van der Waals surface area contributed by atoms with Crippen molar-refractivity contribution in [2.24, 2.45) is 5.41 Å². The van der Waals surface area contributed by atoms with E-state index in [9.17, 15) is 13.6 Å². The first kappa shape index (κ1) is 15.1. The number of hydrogen-bond donors (Lipinski definition) is 0. The molecular weight excluding hydrogens is 338 g/mol. The lowest BCUT2D eigenvalue weighted by molar-refractivity contribution is 0.0636. The zero-order valence-corrected chi connectivity index (χ0v) is 13.5. The van der Waals surface area contributed by atoms with Gasteiger partial charge >= 0.3 is 0 Å². The topological polar surface area (TPSA) is 60.7 Å². The molecule has 7 heteroatoms. The molecule has 1 spiro atoms. The van der Waals surface area contributed by atoms with Gasteiger partial charge in [0.1, 0.15) is 11.5 Å². The summed E-state index contributed by atoms with van der Waals surface area (Å²) in [4.78, 5) is 25.3. The summed E-state index contributed by atoms with van der Waals surface area (Å²) in [6.07, 6.45) is 3.07. The molecule has 0 aromatic carbocycles. The average molecular weight is 350 g/mol. The minimum atomic E-state index is -2.72. The van der Waals surface area contributed by atoms with Gasteiger partial charge in [-0.2, -0.15) is 0 Å². The molecule has 2 aliphatic rings. The van der Waals surface area contributed by atoms with Crippen molar-refractivity contribution in [2.75, 3.05) is 0 Å². The van der Waals surface area contributed by atoms with Gasteiger partial charge < -0.3 is 0 Å². The molecule has 5 nitrogen and oxygen atoms in total. The van der Waals surface area contributed by atoms with Gasteiger partial charge in [-0.1, -0.05) is 12.0 Å². The predicted octanol–water partition coefficient (Wildman–Crippen LogP) is 2.17. The monoisotopic (exact) mass is 350 g/mol. The second kappa shape index (κ2) is 4.94. The molecule has 4 heterocycles. The van der Waals surface area contributed by atoms with Gasteiger partial charge in [0, 0.05) is 37.3 Å². The fourth-order valence-corrected chi connectivity index (χ4v) is 3.49. The third-order valence-corrected chi connectivity index (χ3v) is 5.04. The van der Waals surface area contributed by atoms with E-state index in [0.29, 0.717) is 22.6 Å². The van der Waals surface area contributed by atoms with Gasteiger partial charge in [-0.15, -0.1) is 0 Å². The van der Waals surface area contributed by atoms with E-state index in [-0.39, 0.29) is 30.5 Å². The van der Waals surface area contributed by atoms with E-state index >= 15 is 0 Å². The van der Waals surface area contributed by atoms with Crippen LogP contribution in [0.4, 0.5) is 8.78 Å². The van der Waals surface area contributed by atoms with Gasteiger partial charge in [-0.05, 0) is 24.1 Å². The van der Waals surface area contributed by atoms with Crippen molar-refractivity contribution in [3.05, 3.63) is 64.1 Å². The molecule has 0 bridgehead atoms. The van der Waals surface area contributed by atoms with Crippen LogP contribution in [0.2, 0.25) is 0 Å². The van der Waals surface area contributed by atoms with E-state index in [0.717, 1.165) is 0 Å². The van der Waals surface area contributed by atoms with Crippen molar-refractivity contribution in [3.8, 4) is 11.8 Å². The Bertz CT molecular complexity index is 1180. The highest BCUT2D eigenvalue weighted by Crippen LogP contribution is 2.64. The Morgan fingerprint density at radius 2 is 2.04 bits per heavy atom. The summed E-state index contributed by atoms with van der Waals surface area (Å²) < 4.78 is 28.7. The molecular formula is C19H12F2N4O. The molecule has 1 saturated carbocycles. The highest BCUT2D eigenvalue weighted by molar-refractivity contribution is 5.74. The van der Waals surface area contributed by atoms with Crippen LogP contribution < -0.4 is 5.56 Å². The molecule has 1 atom stereocenters. The van der Waals surface area contributed by atoms with Crippen LogP contribution in [0.15, 0.2) is 41.5 Å². The molecule has 5 rings (SSSR count). The molecule has 1 aliphatic heterocycles. The van der Waals surface area contributed by atoms with E-state index in [1.165, 1.54) is 10.8 Å². The number of halogens is 2. The van der Waals surface area contributed by atoms with E-state index in [2.05, 4.69) is 26.8 Å². The Balaban J connectivity index is 1.56. The first-order valence-electron chi connectivity index (χ1n) is 8.18. The zero-order chi connectivity index (χ0) is 17.9. The van der Waals surface area contributed by atoms with Crippen molar-refractivity contribution >= 4 is 11.0 Å². The van der Waals surface area contributed by atoms with Crippen LogP contribution in [-0.4, -0.2) is 25.4 Å². The zero-order valence-electron chi connectivity index (χ0n) is 13.5. The fraction of sp³-hybridized carbons (Fsp3) is 0.263. The fourth-order valence-electron chi connectivity index (χ4n) is 3.49. The molecule has 1 unspecified atom stereocenters. The lowest BCUT2D eigenvalue weighted by Crippen LogP contribution is -2.23. The second-order valence-electron chi connectivity index (χ2n) is 6.81. The average Bonchev–Trinajstić information content (AvgIpc) is 2.97. The maximum absolute atomic E-state index is 13.7. The Morgan fingerprint density at radius 1 is 1.19 bits per heavy atom. The third kappa shape index (κ3) is 2.15. The summed E-state index contributed by atoms with van der Waals surface area (Å²) >= 11 is 0. The summed E-state index contributed by atoms with van der Waals surface area (Å²) in [6.45, 7) is 0.0139. The Morgan fingerprint density at radius 3 is 2.77 bits per heavy atom. The van der Waals surface area contributed by atoms with Crippen LogP contribution in [0.25, 0.3) is 11.0 Å². The lowest BCUT2D eigenvalue weighted by Gasteiger charge is -2.05. The number of alkyl halides is 2. The Hall–Kier alpha value is -3.14. The number of pyridine rings is 2. The molecule has 1 fully saturated rings. The van der Waals surface area contributed by atoms with Crippen molar-refractivity contribution in [2.45, 2.75) is 25.3 Å². The maximum atomic E-state index is 13.7. The van der Waals surface area contributed by atoms with E-state index in [4.69, 9.17) is 0 Å². The molecule has 3 aromatic heterocycles. The van der Waals surface area contributed by atoms with Crippen LogP contribution in [0, 0.1) is 17.3 Å². The van der Waals surface area contributed by atoms with Gasteiger partial charge in [-0.25, -0.2) is 23.7 Å². The SMILES string of the molecule is O=c1c2ncc(C#Cc3ccccn3)cc2nc2n1CC1(C2)CC1(F)F. The normalized spacial score (nSPS) is 22.1. The number of nitrogens with zero attached hydrogens (tertiary/aromatic N) is 4. The van der Waals surface area contributed by atoms with Crippen molar-refractivity contribution in [3.63, 3.8) is 0 Å². The van der Waals surface area contributed by atoms with Crippen LogP contribution in [0.3, 0.4) is 0 Å². The molecule has 26 heavy (non-hydrogen) atoms. The summed E-state index contributed by atoms with van der Waals surface area (Å²) in [5.74, 6) is 3.54.